The fourth-order valence-corrected chi connectivity index (χ4v) is 5.21. The topological polar surface area (TPSA) is 76.2 Å². The molecule has 1 aromatic carbocycles. The quantitative estimate of drug-likeness (QED) is 0.541. The number of amides is 1. The Labute approximate surface area is 179 Å². The Balaban J connectivity index is 1.23. The van der Waals surface area contributed by atoms with Gasteiger partial charge in [-0.05, 0) is 43.7 Å². The summed E-state index contributed by atoms with van der Waals surface area (Å²) in [4.78, 5) is 30.9. The van der Waals surface area contributed by atoms with Crippen LogP contribution in [0.25, 0.3) is 22.1 Å². The zero-order valence-electron chi connectivity index (χ0n) is 17.4. The minimum Gasteiger partial charge on any atom is -0.463 e. The van der Waals surface area contributed by atoms with Crippen LogP contribution in [0.4, 0.5) is 0 Å². The molecule has 1 saturated carbocycles. The molecule has 6 rings (SSSR count). The monoisotopic (exact) mass is 418 g/mol. The van der Waals surface area contributed by atoms with Crippen LogP contribution >= 0.6 is 0 Å². The Morgan fingerprint density at radius 3 is 2.65 bits per heavy atom. The first-order valence-electron chi connectivity index (χ1n) is 11.2. The Morgan fingerprint density at radius 2 is 1.87 bits per heavy atom. The molecule has 4 aromatic rings. The Bertz CT molecular complexity index is 1310. The number of aromatic nitrogens is 3. The molecule has 160 valence electrons. The third-order valence-electron chi connectivity index (χ3n) is 7.15. The smallest absolute Gasteiger partial charge is 0.326 e. The number of likely N-dealkylation sites (tertiary alicyclic amines) is 1. The number of nitrogens with zero attached hydrogens (tertiary/aromatic N) is 3. The molecule has 7 nitrogen and oxygen atoms in total. The number of nitrogens with one attached hydrogen (secondary N) is 1. The molecule has 1 aliphatic heterocycles. The molecule has 7 heteroatoms. The van der Waals surface area contributed by atoms with E-state index in [1.165, 1.54) is 19.3 Å². The summed E-state index contributed by atoms with van der Waals surface area (Å²) in [6.07, 6.45) is 6.98. The van der Waals surface area contributed by atoms with Crippen LogP contribution in [-0.4, -0.2) is 38.0 Å². The molecule has 0 bridgehead atoms. The SMILES string of the molecule is O=C(c1cc2occc2n1CC1CCC1)N1CCC(n2c(=O)[nH]c3ccccc32)CC1. The largest absolute Gasteiger partial charge is 0.463 e. The highest BCUT2D eigenvalue weighted by Crippen LogP contribution is 2.32. The van der Waals surface area contributed by atoms with Crippen molar-refractivity contribution in [1.29, 1.82) is 0 Å². The van der Waals surface area contributed by atoms with Crippen molar-refractivity contribution in [3.63, 3.8) is 0 Å². The third-order valence-corrected chi connectivity index (χ3v) is 7.15. The number of piperidine rings is 1. The average Bonchev–Trinajstić information content (AvgIpc) is 3.43. The predicted molar refractivity (Wildman–Crippen MR) is 118 cm³/mol. The zero-order valence-corrected chi connectivity index (χ0v) is 17.4. The number of imidazole rings is 1. The normalized spacial score (nSPS) is 18.1. The van der Waals surface area contributed by atoms with Crippen LogP contribution in [0, 0.1) is 5.92 Å². The number of fused-ring (bicyclic) bond motifs is 2. The van der Waals surface area contributed by atoms with Gasteiger partial charge in [0.2, 0.25) is 0 Å². The predicted octanol–water partition coefficient (Wildman–Crippen LogP) is 4.15. The lowest BCUT2D eigenvalue weighted by atomic mass is 9.85. The van der Waals surface area contributed by atoms with Gasteiger partial charge in [-0.25, -0.2) is 4.79 Å². The molecule has 31 heavy (non-hydrogen) atoms. The number of hydrogen-bond acceptors (Lipinski definition) is 3. The molecule has 1 N–H and O–H groups in total. The molecule has 3 aromatic heterocycles. The van der Waals surface area contributed by atoms with Crippen LogP contribution < -0.4 is 5.69 Å². The van der Waals surface area contributed by atoms with Crippen LogP contribution in [0.5, 0.6) is 0 Å². The number of aromatic amines is 1. The van der Waals surface area contributed by atoms with E-state index < -0.39 is 0 Å². The first-order chi connectivity index (χ1) is 15.2. The van der Waals surface area contributed by atoms with E-state index in [4.69, 9.17) is 4.42 Å². The number of para-hydroxylation sites is 2. The van der Waals surface area contributed by atoms with E-state index in [-0.39, 0.29) is 17.6 Å². The number of carbonyl (C=O) groups is 1. The van der Waals surface area contributed by atoms with Gasteiger partial charge in [0.1, 0.15) is 5.69 Å². The molecule has 0 unspecified atom stereocenters. The zero-order chi connectivity index (χ0) is 20.9. The van der Waals surface area contributed by atoms with Gasteiger partial charge in [0, 0.05) is 37.8 Å². The molecule has 0 spiro atoms. The highest BCUT2D eigenvalue weighted by atomic mass is 16.3. The Kier molecular flexibility index (Phi) is 4.30. The van der Waals surface area contributed by atoms with Crippen molar-refractivity contribution in [2.24, 2.45) is 5.92 Å². The van der Waals surface area contributed by atoms with E-state index in [9.17, 15) is 9.59 Å². The number of furan rings is 1. The Morgan fingerprint density at radius 1 is 1.06 bits per heavy atom. The average molecular weight is 418 g/mol. The molecule has 1 saturated heterocycles. The van der Waals surface area contributed by atoms with Crippen LogP contribution in [0.1, 0.15) is 48.6 Å². The van der Waals surface area contributed by atoms with Gasteiger partial charge in [0.05, 0.1) is 22.8 Å². The minimum atomic E-state index is -0.0688. The molecule has 2 fully saturated rings. The van der Waals surface area contributed by atoms with Gasteiger partial charge in [-0.1, -0.05) is 18.6 Å². The number of carbonyl (C=O) groups excluding carboxylic acids is 1. The second-order valence-corrected chi connectivity index (χ2v) is 8.95. The summed E-state index contributed by atoms with van der Waals surface area (Å²) in [5.41, 5.74) is 4.25. The van der Waals surface area contributed by atoms with Gasteiger partial charge in [0.25, 0.3) is 5.91 Å². The maximum atomic E-state index is 13.4. The van der Waals surface area contributed by atoms with Gasteiger partial charge in [0.15, 0.2) is 5.58 Å². The van der Waals surface area contributed by atoms with E-state index in [1.807, 2.05) is 45.9 Å². The van der Waals surface area contributed by atoms with Crippen molar-refractivity contribution in [1.82, 2.24) is 19.0 Å². The van der Waals surface area contributed by atoms with Gasteiger partial charge in [-0.2, -0.15) is 0 Å². The lowest BCUT2D eigenvalue weighted by Gasteiger charge is -2.33. The summed E-state index contributed by atoms with van der Waals surface area (Å²) >= 11 is 0. The first-order valence-corrected chi connectivity index (χ1v) is 11.2. The number of rotatable bonds is 4. The molecule has 1 amide bonds. The maximum absolute atomic E-state index is 13.4. The summed E-state index contributed by atoms with van der Waals surface area (Å²) in [5, 5.41) is 0. The van der Waals surface area contributed by atoms with E-state index in [0.29, 0.717) is 19.0 Å². The van der Waals surface area contributed by atoms with Crippen LogP contribution in [0.3, 0.4) is 0 Å². The van der Waals surface area contributed by atoms with Crippen molar-refractivity contribution in [3.05, 3.63) is 58.8 Å². The molecule has 2 aliphatic rings. The van der Waals surface area contributed by atoms with Crippen molar-refractivity contribution in [2.45, 2.75) is 44.7 Å². The number of benzene rings is 1. The van der Waals surface area contributed by atoms with E-state index >= 15 is 0 Å². The second kappa shape index (κ2) is 7.18. The van der Waals surface area contributed by atoms with E-state index in [0.717, 1.165) is 47.2 Å². The summed E-state index contributed by atoms with van der Waals surface area (Å²) in [5.74, 6) is 0.715. The summed E-state index contributed by atoms with van der Waals surface area (Å²) in [6.45, 7) is 2.17. The molecule has 1 aliphatic carbocycles. The maximum Gasteiger partial charge on any atom is 0.326 e. The fraction of sp³-hybridized carbons (Fsp3) is 0.417. The molecule has 0 radical (unpaired) electrons. The van der Waals surface area contributed by atoms with Crippen molar-refractivity contribution < 1.29 is 9.21 Å². The van der Waals surface area contributed by atoms with Gasteiger partial charge in [-0.15, -0.1) is 0 Å². The molecular weight excluding hydrogens is 392 g/mol. The lowest BCUT2D eigenvalue weighted by Crippen LogP contribution is -2.41. The Hall–Kier alpha value is -3.22. The van der Waals surface area contributed by atoms with Crippen LogP contribution in [0.15, 0.2) is 51.9 Å². The highest BCUT2D eigenvalue weighted by Gasteiger charge is 2.30. The molecular formula is C24H26N4O3. The molecule has 4 heterocycles. The fourth-order valence-electron chi connectivity index (χ4n) is 5.21. The van der Waals surface area contributed by atoms with Gasteiger partial charge in [-0.3, -0.25) is 9.36 Å². The van der Waals surface area contributed by atoms with Gasteiger partial charge >= 0.3 is 5.69 Å². The number of H-pyrrole nitrogens is 1. The van der Waals surface area contributed by atoms with Crippen LogP contribution in [0.2, 0.25) is 0 Å². The highest BCUT2D eigenvalue weighted by molar-refractivity contribution is 5.97. The summed E-state index contributed by atoms with van der Waals surface area (Å²) in [7, 11) is 0. The second-order valence-electron chi connectivity index (χ2n) is 8.95. The third kappa shape index (κ3) is 3.02. The molecule has 0 atom stereocenters. The number of hydrogen-bond donors (Lipinski definition) is 1. The van der Waals surface area contributed by atoms with E-state index in [2.05, 4.69) is 9.55 Å². The standard InChI is InChI=1S/C24H26N4O3/c29-23(21-14-22-20(10-13-31-22)27(21)15-16-4-3-5-16)26-11-8-17(9-12-26)28-19-7-2-1-6-18(19)25-24(28)30/h1-2,6-7,10,13-14,16-17H,3-5,8-9,11-12,15H2,(H,25,30). The van der Waals surface area contributed by atoms with Crippen molar-refractivity contribution in [2.75, 3.05) is 13.1 Å². The summed E-state index contributed by atoms with van der Waals surface area (Å²) in [6, 6.07) is 11.7. The van der Waals surface area contributed by atoms with E-state index in [1.54, 1.807) is 6.26 Å². The van der Waals surface area contributed by atoms with Crippen molar-refractivity contribution >= 4 is 28.0 Å². The lowest BCUT2D eigenvalue weighted by molar-refractivity contribution is 0.0682. The minimum absolute atomic E-state index is 0.0652. The van der Waals surface area contributed by atoms with Crippen molar-refractivity contribution in [3.8, 4) is 0 Å². The van der Waals surface area contributed by atoms with Crippen LogP contribution in [-0.2, 0) is 6.54 Å². The summed E-state index contributed by atoms with van der Waals surface area (Å²) < 4.78 is 9.62. The van der Waals surface area contributed by atoms with Gasteiger partial charge < -0.3 is 18.9 Å². The first kappa shape index (κ1) is 18.5.